The van der Waals surface area contributed by atoms with E-state index in [1.807, 2.05) is 36.4 Å². The number of anilines is 1. The second-order valence-corrected chi connectivity index (χ2v) is 6.51. The molecular formula is C23H21N3O. The van der Waals surface area contributed by atoms with Gasteiger partial charge in [-0.15, -0.1) is 10.2 Å². The summed E-state index contributed by atoms with van der Waals surface area (Å²) in [6.45, 7) is 2.76. The molecule has 27 heavy (non-hydrogen) atoms. The van der Waals surface area contributed by atoms with E-state index in [9.17, 15) is 0 Å². The van der Waals surface area contributed by atoms with E-state index in [1.165, 1.54) is 5.56 Å². The fourth-order valence-corrected chi connectivity index (χ4v) is 3.09. The van der Waals surface area contributed by atoms with E-state index in [4.69, 9.17) is 4.74 Å². The fraction of sp³-hybridized carbons (Fsp3) is 0.130. The Bertz CT molecular complexity index is 1060. The molecule has 0 bridgehead atoms. The third-order valence-corrected chi connectivity index (χ3v) is 4.63. The van der Waals surface area contributed by atoms with E-state index in [1.54, 1.807) is 7.11 Å². The van der Waals surface area contributed by atoms with Crippen LogP contribution in [0.3, 0.4) is 0 Å². The Kier molecular flexibility index (Phi) is 4.71. The molecule has 0 fully saturated rings. The normalized spacial score (nSPS) is 10.7. The van der Waals surface area contributed by atoms with E-state index in [0.29, 0.717) is 6.54 Å². The second kappa shape index (κ2) is 7.46. The summed E-state index contributed by atoms with van der Waals surface area (Å²) < 4.78 is 5.21. The number of benzene rings is 3. The molecule has 0 amide bonds. The zero-order chi connectivity index (χ0) is 18.6. The van der Waals surface area contributed by atoms with Crippen LogP contribution in [0.5, 0.6) is 5.75 Å². The summed E-state index contributed by atoms with van der Waals surface area (Å²) in [6.07, 6.45) is 0. The van der Waals surface area contributed by atoms with Crippen molar-refractivity contribution in [2.24, 2.45) is 0 Å². The summed E-state index contributed by atoms with van der Waals surface area (Å²) >= 11 is 0. The van der Waals surface area contributed by atoms with E-state index >= 15 is 0 Å². The van der Waals surface area contributed by atoms with Crippen LogP contribution in [0, 0.1) is 6.92 Å². The van der Waals surface area contributed by atoms with E-state index < -0.39 is 0 Å². The number of nitrogens with one attached hydrogen (secondary N) is 1. The van der Waals surface area contributed by atoms with Gasteiger partial charge in [-0.2, -0.15) is 0 Å². The summed E-state index contributed by atoms with van der Waals surface area (Å²) in [7, 11) is 1.67. The van der Waals surface area contributed by atoms with Crippen LogP contribution in [0.1, 0.15) is 11.1 Å². The van der Waals surface area contributed by atoms with E-state index in [-0.39, 0.29) is 0 Å². The Labute approximate surface area is 158 Å². The first-order valence-electron chi connectivity index (χ1n) is 8.94. The number of aromatic nitrogens is 2. The van der Waals surface area contributed by atoms with Crippen LogP contribution in [-0.2, 0) is 6.54 Å². The van der Waals surface area contributed by atoms with Crippen molar-refractivity contribution >= 4 is 16.6 Å². The largest absolute Gasteiger partial charge is 0.497 e. The van der Waals surface area contributed by atoms with E-state index in [0.717, 1.165) is 39.2 Å². The fourth-order valence-electron chi connectivity index (χ4n) is 3.09. The highest BCUT2D eigenvalue weighted by Gasteiger charge is 2.10. The maximum absolute atomic E-state index is 5.21. The van der Waals surface area contributed by atoms with Gasteiger partial charge in [-0.3, -0.25) is 0 Å². The molecule has 1 aromatic heterocycles. The summed E-state index contributed by atoms with van der Waals surface area (Å²) in [4.78, 5) is 0. The predicted octanol–water partition coefficient (Wildman–Crippen LogP) is 5.23. The van der Waals surface area contributed by atoms with Gasteiger partial charge in [0.05, 0.1) is 7.11 Å². The topological polar surface area (TPSA) is 47.0 Å². The van der Waals surface area contributed by atoms with Gasteiger partial charge in [-0.25, -0.2) is 0 Å². The molecule has 4 aromatic rings. The second-order valence-electron chi connectivity index (χ2n) is 6.51. The van der Waals surface area contributed by atoms with Crippen molar-refractivity contribution in [3.8, 4) is 17.0 Å². The van der Waals surface area contributed by atoms with Crippen LogP contribution in [0.2, 0.25) is 0 Å². The first-order valence-corrected chi connectivity index (χ1v) is 8.94. The molecule has 0 radical (unpaired) electrons. The lowest BCUT2D eigenvalue weighted by atomic mass is 10.0. The van der Waals surface area contributed by atoms with Crippen LogP contribution < -0.4 is 10.1 Å². The molecule has 0 atom stereocenters. The van der Waals surface area contributed by atoms with Gasteiger partial charge in [0.25, 0.3) is 0 Å². The molecule has 0 aliphatic rings. The van der Waals surface area contributed by atoms with E-state index in [2.05, 4.69) is 58.8 Å². The monoisotopic (exact) mass is 355 g/mol. The number of aryl methyl sites for hydroxylation is 1. The Hall–Kier alpha value is -3.40. The lowest BCUT2D eigenvalue weighted by Gasteiger charge is -2.11. The summed E-state index contributed by atoms with van der Waals surface area (Å²) in [6, 6.07) is 24.6. The zero-order valence-electron chi connectivity index (χ0n) is 15.4. The molecule has 4 heteroatoms. The number of hydrogen-bond donors (Lipinski definition) is 1. The SMILES string of the molecule is COc1ccc(CNc2nnc(-c3ccc(C)cc3)c3ccccc23)cc1. The summed E-state index contributed by atoms with van der Waals surface area (Å²) in [5, 5.41) is 14.6. The van der Waals surface area contributed by atoms with Crippen molar-refractivity contribution in [2.45, 2.75) is 13.5 Å². The zero-order valence-corrected chi connectivity index (χ0v) is 15.4. The number of nitrogens with zero attached hydrogens (tertiary/aromatic N) is 2. The molecule has 0 aliphatic carbocycles. The minimum Gasteiger partial charge on any atom is -0.497 e. The minimum atomic E-state index is 0.673. The van der Waals surface area contributed by atoms with Crippen molar-refractivity contribution < 1.29 is 4.74 Å². The lowest BCUT2D eigenvalue weighted by molar-refractivity contribution is 0.414. The van der Waals surface area contributed by atoms with Crippen molar-refractivity contribution in [3.05, 3.63) is 83.9 Å². The molecule has 0 aliphatic heterocycles. The smallest absolute Gasteiger partial charge is 0.156 e. The Morgan fingerprint density at radius 3 is 2.22 bits per heavy atom. The highest BCUT2D eigenvalue weighted by Crippen LogP contribution is 2.30. The molecule has 4 nitrogen and oxygen atoms in total. The third-order valence-electron chi connectivity index (χ3n) is 4.63. The van der Waals surface area contributed by atoms with Crippen molar-refractivity contribution in [1.29, 1.82) is 0 Å². The Morgan fingerprint density at radius 1 is 0.815 bits per heavy atom. The van der Waals surface area contributed by atoms with Crippen LogP contribution in [-0.4, -0.2) is 17.3 Å². The first-order chi connectivity index (χ1) is 13.2. The summed E-state index contributed by atoms with van der Waals surface area (Å²) in [5.74, 6) is 1.64. The molecule has 0 saturated carbocycles. The number of rotatable bonds is 5. The number of fused-ring (bicyclic) bond motifs is 1. The van der Waals surface area contributed by atoms with Crippen molar-refractivity contribution in [3.63, 3.8) is 0 Å². The molecule has 4 rings (SSSR count). The van der Waals surface area contributed by atoms with Gasteiger partial charge in [0.2, 0.25) is 0 Å². The van der Waals surface area contributed by atoms with Gasteiger partial charge in [0, 0.05) is 22.9 Å². The highest BCUT2D eigenvalue weighted by atomic mass is 16.5. The summed E-state index contributed by atoms with van der Waals surface area (Å²) in [5.41, 5.74) is 4.37. The standard InChI is InChI=1S/C23H21N3O/c1-16-7-11-18(12-8-16)22-20-5-3-4-6-21(20)23(26-25-22)24-15-17-9-13-19(27-2)14-10-17/h3-14H,15H2,1-2H3,(H,24,26). The quantitative estimate of drug-likeness (QED) is 0.533. The van der Waals surface area contributed by atoms with Crippen LogP contribution >= 0.6 is 0 Å². The van der Waals surface area contributed by atoms with Gasteiger partial charge in [-0.05, 0) is 24.6 Å². The number of methoxy groups -OCH3 is 1. The van der Waals surface area contributed by atoms with Crippen molar-refractivity contribution in [1.82, 2.24) is 10.2 Å². The van der Waals surface area contributed by atoms with Gasteiger partial charge >= 0.3 is 0 Å². The van der Waals surface area contributed by atoms with Crippen LogP contribution in [0.15, 0.2) is 72.8 Å². The molecular weight excluding hydrogens is 334 g/mol. The average Bonchev–Trinajstić information content (AvgIpc) is 2.73. The van der Waals surface area contributed by atoms with Gasteiger partial charge in [-0.1, -0.05) is 66.2 Å². The molecule has 0 saturated heterocycles. The Balaban J connectivity index is 1.66. The molecule has 0 spiro atoms. The maximum atomic E-state index is 5.21. The molecule has 134 valence electrons. The van der Waals surface area contributed by atoms with Crippen LogP contribution in [0.4, 0.5) is 5.82 Å². The molecule has 1 N–H and O–H groups in total. The van der Waals surface area contributed by atoms with Crippen molar-refractivity contribution in [2.75, 3.05) is 12.4 Å². The highest BCUT2D eigenvalue weighted by molar-refractivity contribution is 6.00. The van der Waals surface area contributed by atoms with Gasteiger partial charge < -0.3 is 10.1 Å². The van der Waals surface area contributed by atoms with Crippen LogP contribution in [0.25, 0.3) is 22.0 Å². The third kappa shape index (κ3) is 3.60. The molecule has 0 unspecified atom stereocenters. The lowest BCUT2D eigenvalue weighted by Crippen LogP contribution is -2.04. The minimum absolute atomic E-state index is 0.673. The number of ether oxygens (including phenoxy) is 1. The molecule has 1 heterocycles. The average molecular weight is 355 g/mol. The van der Waals surface area contributed by atoms with Gasteiger partial charge in [0.1, 0.15) is 11.4 Å². The van der Waals surface area contributed by atoms with Gasteiger partial charge in [0.15, 0.2) is 5.82 Å². The first kappa shape index (κ1) is 17.0. The predicted molar refractivity (Wildman–Crippen MR) is 110 cm³/mol. The number of hydrogen-bond acceptors (Lipinski definition) is 4. The molecule has 3 aromatic carbocycles. The Morgan fingerprint density at radius 2 is 1.52 bits per heavy atom. The maximum Gasteiger partial charge on any atom is 0.156 e.